The summed E-state index contributed by atoms with van der Waals surface area (Å²) in [5.74, 6) is 0.577. The first kappa shape index (κ1) is 15.3. The van der Waals surface area contributed by atoms with Gasteiger partial charge in [-0.05, 0) is 37.8 Å². The van der Waals surface area contributed by atoms with Gasteiger partial charge < -0.3 is 9.47 Å². The summed E-state index contributed by atoms with van der Waals surface area (Å²) in [6.07, 6.45) is 1.88. The van der Waals surface area contributed by atoms with Crippen molar-refractivity contribution in [2.24, 2.45) is 0 Å². The summed E-state index contributed by atoms with van der Waals surface area (Å²) in [5.41, 5.74) is 1.63. The van der Waals surface area contributed by atoms with Crippen LogP contribution in [0.1, 0.15) is 24.0 Å². The number of ether oxygens (including phenoxy) is 2. The lowest BCUT2D eigenvalue weighted by atomic mass is 10.1. The summed E-state index contributed by atoms with van der Waals surface area (Å²) in [4.78, 5) is 0.262. The van der Waals surface area contributed by atoms with Gasteiger partial charge in [0.25, 0.3) is 0 Å². The van der Waals surface area contributed by atoms with Gasteiger partial charge in [0.15, 0.2) is 0 Å². The first-order chi connectivity index (χ1) is 9.44. The fraction of sp³-hybridized carbons (Fsp3) is 0.571. The van der Waals surface area contributed by atoms with Crippen molar-refractivity contribution in [3.8, 4) is 5.75 Å². The molecule has 5 nitrogen and oxygen atoms in total. The maximum atomic E-state index is 12.4. The fourth-order valence-corrected chi connectivity index (χ4v) is 3.71. The Hall–Kier alpha value is -1.11. The van der Waals surface area contributed by atoms with E-state index in [-0.39, 0.29) is 11.0 Å². The molecule has 0 radical (unpaired) electrons. The van der Waals surface area contributed by atoms with Gasteiger partial charge in [-0.25, -0.2) is 13.1 Å². The topological polar surface area (TPSA) is 64.6 Å². The van der Waals surface area contributed by atoms with E-state index in [4.69, 9.17) is 9.47 Å². The van der Waals surface area contributed by atoms with Crippen LogP contribution in [0.25, 0.3) is 0 Å². The van der Waals surface area contributed by atoms with Crippen molar-refractivity contribution in [1.82, 2.24) is 4.72 Å². The molecular formula is C14H21NO4S. The first-order valence-corrected chi connectivity index (χ1v) is 8.19. The number of sulfonamides is 1. The van der Waals surface area contributed by atoms with Gasteiger partial charge in [-0.3, -0.25) is 0 Å². The summed E-state index contributed by atoms with van der Waals surface area (Å²) in [7, 11) is -2.00. The van der Waals surface area contributed by atoms with Crippen molar-refractivity contribution in [2.45, 2.75) is 37.7 Å². The van der Waals surface area contributed by atoms with Crippen molar-refractivity contribution in [2.75, 3.05) is 20.3 Å². The summed E-state index contributed by atoms with van der Waals surface area (Å²) < 4.78 is 38.0. The number of nitrogens with one attached hydrogen (secondary N) is 1. The smallest absolute Gasteiger partial charge is 0.241 e. The zero-order valence-electron chi connectivity index (χ0n) is 12.1. The molecule has 1 fully saturated rings. The highest BCUT2D eigenvalue weighted by molar-refractivity contribution is 7.89. The molecule has 2 rings (SSSR count). The summed E-state index contributed by atoms with van der Waals surface area (Å²) in [5, 5.41) is 0. The van der Waals surface area contributed by atoms with Gasteiger partial charge in [0.05, 0.1) is 18.1 Å². The Balaban J connectivity index is 2.19. The molecule has 6 heteroatoms. The number of aryl methyl sites for hydroxylation is 2. The second-order valence-corrected chi connectivity index (χ2v) is 6.81. The third kappa shape index (κ3) is 3.31. The molecule has 1 N–H and O–H groups in total. The predicted molar refractivity (Wildman–Crippen MR) is 76.6 cm³/mol. The van der Waals surface area contributed by atoms with Crippen LogP contribution in [0.4, 0.5) is 0 Å². The molecule has 1 heterocycles. The van der Waals surface area contributed by atoms with Gasteiger partial charge in [-0.15, -0.1) is 0 Å². The highest BCUT2D eigenvalue weighted by Crippen LogP contribution is 2.25. The Bertz CT molecular complexity index is 577. The van der Waals surface area contributed by atoms with Crippen molar-refractivity contribution in [1.29, 1.82) is 0 Å². The van der Waals surface area contributed by atoms with Gasteiger partial charge in [-0.1, -0.05) is 6.07 Å². The van der Waals surface area contributed by atoms with Crippen LogP contribution in [0.15, 0.2) is 17.0 Å². The van der Waals surface area contributed by atoms with E-state index in [0.29, 0.717) is 24.5 Å². The van der Waals surface area contributed by atoms with E-state index in [1.165, 1.54) is 7.11 Å². The molecule has 0 aromatic heterocycles. The SMILES string of the molecule is COc1cc(S(=O)(=O)NCC2CCCO2)c(C)cc1C. The van der Waals surface area contributed by atoms with Crippen molar-refractivity contribution in [3.05, 3.63) is 23.3 Å². The van der Waals surface area contributed by atoms with Crippen LogP contribution >= 0.6 is 0 Å². The number of benzene rings is 1. The van der Waals surface area contributed by atoms with Crippen LogP contribution in [-0.4, -0.2) is 34.8 Å². The van der Waals surface area contributed by atoms with E-state index in [1.54, 1.807) is 13.0 Å². The fourth-order valence-electron chi connectivity index (χ4n) is 2.41. The molecule has 1 atom stereocenters. The van der Waals surface area contributed by atoms with Crippen LogP contribution in [-0.2, 0) is 14.8 Å². The Morgan fingerprint density at radius 1 is 1.35 bits per heavy atom. The molecule has 1 saturated heterocycles. The van der Waals surface area contributed by atoms with Crippen LogP contribution < -0.4 is 9.46 Å². The lowest BCUT2D eigenvalue weighted by Gasteiger charge is -2.14. The minimum absolute atomic E-state index is 0.0163. The van der Waals surface area contributed by atoms with Crippen molar-refractivity contribution >= 4 is 10.0 Å². The lowest BCUT2D eigenvalue weighted by Crippen LogP contribution is -2.32. The molecule has 20 heavy (non-hydrogen) atoms. The van der Waals surface area contributed by atoms with E-state index in [2.05, 4.69) is 4.72 Å². The number of hydrogen-bond acceptors (Lipinski definition) is 4. The Kier molecular flexibility index (Phi) is 4.67. The minimum atomic E-state index is -3.54. The zero-order valence-corrected chi connectivity index (χ0v) is 12.9. The van der Waals surface area contributed by atoms with Crippen LogP contribution in [0.3, 0.4) is 0 Å². The van der Waals surface area contributed by atoms with Crippen molar-refractivity contribution < 1.29 is 17.9 Å². The van der Waals surface area contributed by atoms with E-state index in [1.807, 2.05) is 13.0 Å². The zero-order chi connectivity index (χ0) is 14.8. The van der Waals surface area contributed by atoms with E-state index in [0.717, 1.165) is 18.4 Å². The van der Waals surface area contributed by atoms with Gasteiger partial charge in [0, 0.05) is 19.2 Å². The number of hydrogen-bond donors (Lipinski definition) is 1. The van der Waals surface area contributed by atoms with Gasteiger partial charge in [0.1, 0.15) is 5.75 Å². The molecule has 1 aliphatic heterocycles. The van der Waals surface area contributed by atoms with Gasteiger partial charge in [-0.2, -0.15) is 0 Å². The molecule has 0 bridgehead atoms. The van der Waals surface area contributed by atoms with E-state index in [9.17, 15) is 8.42 Å². The van der Waals surface area contributed by atoms with Crippen molar-refractivity contribution in [3.63, 3.8) is 0 Å². The molecule has 112 valence electrons. The Morgan fingerprint density at radius 2 is 2.10 bits per heavy atom. The molecule has 1 aromatic rings. The molecule has 1 aromatic carbocycles. The third-order valence-corrected chi connectivity index (χ3v) is 5.07. The largest absolute Gasteiger partial charge is 0.496 e. The monoisotopic (exact) mass is 299 g/mol. The lowest BCUT2D eigenvalue weighted by molar-refractivity contribution is 0.114. The Labute approximate surface area is 120 Å². The highest BCUT2D eigenvalue weighted by Gasteiger charge is 2.22. The maximum Gasteiger partial charge on any atom is 0.241 e. The molecule has 1 aliphatic rings. The normalized spacial score (nSPS) is 19.2. The quantitative estimate of drug-likeness (QED) is 0.900. The maximum absolute atomic E-state index is 12.4. The van der Waals surface area contributed by atoms with Crippen LogP contribution in [0.5, 0.6) is 5.75 Å². The summed E-state index contributed by atoms with van der Waals surface area (Å²) >= 11 is 0. The van der Waals surface area contributed by atoms with E-state index < -0.39 is 10.0 Å². The molecule has 0 aliphatic carbocycles. The Morgan fingerprint density at radius 3 is 2.70 bits per heavy atom. The van der Waals surface area contributed by atoms with Gasteiger partial charge in [0.2, 0.25) is 10.0 Å². The average molecular weight is 299 g/mol. The number of methoxy groups -OCH3 is 1. The standard InChI is InChI=1S/C14H21NO4S/c1-10-7-11(2)14(8-13(10)18-3)20(16,17)15-9-12-5-4-6-19-12/h7-8,12,15H,4-6,9H2,1-3H3. The van der Waals surface area contributed by atoms with Crippen LogP contribution in [0, 0.1) is 13.8 Å². The third-order valence-electron chi connectivity index (χ3n) is 3.51. The summed E-state index contributed by atoms with van der Waals surface area (Å²) in [6, 6.07) is 3.39. The second kappa shape index (κ2) is 6.11. The minimum Gasteiger partial charge on any atom is -0.496 e. The predicted octanol–water partition coefficient (Wildman–Crippen LogP) is 1.77. The molecule has 0 amide bonds. The number of rotatable bonds is 5. The molecule has 0 saturated carbocycles. The molecule has 0 spiro atoms. The van der Waals surface area contributed by atoms with E-state index >= 15 is 0 Å². The first-order valence-electron chi connectivity index (χ1n) is 6.70. The van der Waals surface area contributed by atoms with Crippen LogP contribution in [0.2, 0.25) is 0 Å². The second-order valence-electron chi connectivity index (χ2n) is 5.07. The molecular weight excluding hydrogens is 278 g/mol. The molecule has 1 unspecified atom stereocenters. The highest BCUT2D eigenvalue weighted by atomic mass is 32.2. The van der Waals surface area contributed by atoms with Gasteiger partial charge >= 0.3 is 0 Å². The summed E-state index contributed by atoms with van der Waals surface area (Å²) in [6.45, 7) is 4.71. The average Bonchev–Trinajstić information content (AvgIpc) is 2.89.